The van der Waals surface area contributed by atoms with Gasteiger partial charge in [0.05, 0.1) is 17.7 Å². The van der Waals surface area contributed by atoms with Crippen molar-refractivity contribution >= 4 is 5.91 Å². The van der Waals surface area contributed by atoms with Gasteiger partial charge in [0, 0.05) is 32.1 Å². The molecule has 1 aromatic rings. The Morgan fingerprint density at radius 2 is 2.40 bits per heavy atom. The second-order valence-electron chi connectivity index (χ2n) is 4.60. The zero-order chi connectivity index (χ0) is 14.4. The molecule has 1 aliphatic rings. The highest BCUT2D eigenvalue weighted by atomic mass is 16.5. The Kier molecular flexibility index (Phi) is 5.10. The van der Waals surface area contributed by atoms with E-state index in [0.717, 1.165) is 12.8 Å². The van der Waals surface area contributed by atoms with Crippen LogP contribution in [-0.2, 0) is 4.74 Å². The quantitative estimate of drug-likeness (QED) is 0.802. The maximum atomic E-state index is 12.6. The maximum absolute atomic E-state index is 12.6. The molecule has 1 amide bonds. The third-order valence-electron chi connectivity index (χ3n) is 3.14. The van der Waals surface area contributed by atoms with Crippen molar-refractivity contribution < 1.29 is 14.6 Å². The molecule has 2 rings (SSSR count). The van der Waals surface area contributed by atoms with E-state index < -0.39 is 0 Å². The van der Waals surface area contributed by atoms with Gasteiger partial charge < -0.3 is 14.7 Å². The van der Waals surface area contributed by atoms with E-state index in [9.17, 15) is 4.79 Å². The zero-order valence-corrected chi connectivity index (χ0v) is 11.5. The van der Waals surface area contributed by atoms with Crippen LogP contribution in [0.25, 0.3) is 0 Å². The van der Waals surface area contributed by atoms with Crippen molar-refractivity contribution in [2.75, 3.05) is 26.9 Å². The number of hydrogen-bond donors (Lipinski definition) is 1. The van der Waals surface area contributed by atoms with E-state index in [-0.39, 0.29) is 12.5 Å². The van der Waals surface area contributed by atoms with Gasteiger partial charge in [-0.3, -0.25) is 9.78 Å². The SMILES string of the molecule is COCCN(C(=O)c1ccncc1C#CCO)C1CC1. The molecule has 20 heavy (non-hydrogen) atoms. The first-order valence-electron chi connectivity index (χ1n) is 6.61. The lowest BCUT2D eigenvalue weighted by Gasteiger charge is -2.22. The smallest absolute Gasteiger partial charge is 0.255 e. The molecular weight excluding hydrogens is 256 g/mol. The van der Waals surface area contributed by atoms with Gasteiger partial charge in [-0.15, -0.1) is 0 Å². The number of aliphatic hydroxyl groups excluding tert-OH is 1. The first-order chi connectivity index (χ1) is 9.77. The highest BCUT2D eigenvalue weighted by Crippen LogP contribution is 2.28. The number of methoxy groups -OCH3 is 1. The van der Waals surface area contributed by atoms with Gasteiger partial charge in [0.15, 0.2) is 0 Å². The minimum absolute atomic E-state index is 0.0470. The summed E-state index contributed by atoms with van der Waals surface area (Å²) < 4.78 is 5.06. The van der Waals surface area contributed by atoms with E-state index in [0.29, 0.717) is 30.3 Å². The van der Waals surface area contributed by atoms with Crippen molar-refractivity contribution in [1.29, 1.82) is 0 Å². The first-order valence-corrected chi connectivity index (χ1v) is 6.61. The summed E-state index contributed by atoms with van der Waals surface area (Å²) in [7, 11) is 1.63. The lowest BCUT2D eigenvalue weighted by Crippen LogP contribution is -2.36. The van der Waals surface area contributed by atoms with Crippen LogP contribution in [0.15, 0.2) is 18.5 Å². The predicted molar refractivity (Wildman–Crippen MR) is 74.1 cm³/mol. The monoisotopic (exact) mass is 274 g/mol. The lowest BCUT2D eigenvalue weighted by molar-refractivity contribution is 0.0680. The van der Waals surface area contributed by atoms with Gasteiger partial charge in [0.25, 0.3) is 5.91 Å². The maximum Gasteiger partial charge on any atom is 0.255 e. The molecule has 0 spiro atoms. The topological polar surface area (TPSA) is 62.7 Å². The van der Waals surface area contributed by atoms with Gasteiger partial charge in [-0.1, -0.05) is 11.8 Å². The molecule has 5 nitrogen and oxygen atoms in total. The molecule has 1 aromatic heterocycles. The van der Waals surface area contributed by atoms with Crippen LogP contribution >= 0.6 is 0 Å². The summed E-state index contributed by atoms with van der Waals surface area (Å²) in [4.78, 5) is 18.4. The largest absolute Gasteiger partial charge is 0.384 e. The molecule has 0 atom stereocenters. The van der Waals surface area contributed by atoms with E-state index in [1.165, 1.54) is 0 Å². The van der Waals surface area contributed by atoms with Crippen molar-refractivity contribution in [1.82, 2.24) is 9.88 Å². The zero-order valence-electron chi connectivity index (χ0n) is 11.5. The van der Waals surface area contributed by atoms with Crippen LogP contribution in [0, 0.1) is 11.8 Å². The van der Waals surface area contributed by atoms with E-state index in [1.54, 1.807) is 25.6 Å². The van der Waals surface area contributed by atoms with E-state index in [2.05, 4.69) is 16.8 Å². The molecule has 1 heterocycles. The van der Waals surface area contributed by atoms with Crippen LogP contribution in [0.2, 0.25) is 0 Å². The average molecular weight is 274 g/mol. The number of aliphatic hydroxyl groups is 1. The van der Waals surface area contributed by atoms with Crippen molar-refractivity contribution in [2.24, 2.45) is 0 Å². The Labute approximate surface area is 118 Å². The van der Waals surface area contributed by atoms with Gasteiger partial charge in [0.2, 0.25) is 0 Å². The summed E-state index contributed by atoms with van der Waals surface area (Å²) in [6.07, 6.45) is 5.21. The highest BCUT2D eigenvalue weighted by Gasteiger charge is 2.33. The number of pyridine rings is 1. The van der Waals surface area contributed by atoms with Crippen LogP contribution < -0.4 is 0 Å². The number of amides is 1. The highest BCUT2D eigenvalue weighted by molar-refractivity contribution is 5.97. The van der Waals surface area contributed by atoms with Gasteiger partial charge in [-0.2, -0.15) is 0 Å². The molecule has 1 saturated carbocycles. The van der Waals surface area contributed by atoms with Crippen LogP contribution in [0.4, 0.5) is 0 Å². The summed E-state index contributed by atoms with van der Waals surface area (Å²) >= 11 is 0. The van der Waals surface area contributed by atoms with E-state index >= 15 is 0 Å². The lowest BCUT2D eigenvalue weighted by atomic mass is 10.1. The number of carbonyl (C=O) groups excluding carboxylic acids is 1. The fourth-order valence-corrected chi connectivity index (χ4v) is 2.00. The molecule has 1 N–H and O–H groups in total. The molecule has 1 aliphatic carbocycles. The van der Waals surface area contributed by atoms with Crippen molar-refractivity contribution in [3.05, 3.63) is 29.6 Å². The molecule has 106 valence electrons. The Morgan fingerprint density at radius 3 is 3.05 bits per heavy atom. The molecule has 0 aliphatic heterocycles. The fraction of sp³-hybridized carbons (Fsp3) is 0.467. The van der Waals surface area contributed by atoms with Crippen molar-refractivity contribution in [3.63, 3.8) is 0 Å². The molecule has 1 fully saturated rings. The summed E-state index contributed by atoms with van der Waals surface area (Å²) in [5.41, 5.74) is 1.08. The van der Waals surface area contributed by atoms with Crippen molar-refractivity contribution in [3.8, 4) is 11.8 Å². The molecule has 0 unspecified atom stereocenters. The minimum atomic E-state index is -0.238. The van der Waals surface area contributed by atoms with Crippen LogP contribution in [0.1, 0.15) is 28.8 Å². The number of hydrogen-bond acceptors (Lipinski definition) is 4. The second kappa shape index (κ2) is 7.04. The first kappa shape index (κ1) is 14.5. The number of nitrogens with zero attached hydrogens (tertiary/aromatic N) is 2. The molecule has 0 bridgehead atoms. The Balaban J connectivity index is 2.22. The molecule has 0 aromatic carbocycles. The Bertz CT molecular complexity index is 529. The summed E-state index contributed by atoms with van der Waals surface area (Å²) in [5.74, 6) is 5.28. The number of carbonyl (C=O) groups is 1. The molecule has 5 heteroatoms. The van der Waals surface area contributed by atoms with Gasteiger partial charge >= 0.3 is 0 Å². The van der Waals surface area contributed by atoms with Crippen LogP contribution in [0.3, 0.4) is 0 Å². The standard InChI is InChI=1S/C15H18N2O3/c1-20-10-8-17(13-4-5-13)15(19)14-6-7-16-11-12(14)3-2-9-18/h6-7,11,13,18H,4-5,8-10H2,1H3. The van der Waals surface area contributed by atoms with Crippen molar-refractivity contribution in [2.45, 2.75) is 18.9 Å². The summed E-state index contributed by atoms with van der Waals surface area (Å²) in [6.45, 7) is 0.860. The van der Waals surface area contributed by atoms with E-state index in [4.69, 9.17) is 9.84 Å². The van der Waals surface area contributed by atoms with Crippen LogP contribution in [0.5, 0.6) is 0 Å². The third kappa shape index (κ3) is 3.56. The summed E-state index contributed by atoms with van der Waals surface area (Å²) in [5, 5.41) is 8.77. The number of rotatable bonds is 5. The second-order valence-corrected chi connectivity index (χ2v) is 4.60. The Morgan fingerprint density at radius 1 is 1.60 bits per heavy atom. The van der Waals surface area contributed by atoms with Crippen LogP contribution in [-0.4, -0.2) is 53.8 Å². The van der Waals surface area contributed by atoms with E-state index in [1.807, 2.05) is 4.90 Å². The number of ether oxygens (including phenoxy) is 1. The molecule has 0 saturated heterocycles. The molecule has 0 radical (unpaired) electrons. The summed E-state index contributed by atoms with van der Waals surface area (Å²) in [6, 6.07) is 1.98. The predicted octanol–water partition coefficient (Wildman–Crippen LogP) is 0.676. The van der Waals surface area contributed by atoms with Gasteiger partial charge in [-0.05, 0) is 18.9 Å². The van der Waals surface area contributed by atoms with Gasteiger partial charge in [-0.25, -0.2) is 0 Å². The molecular formula is C15H18N2O3. The Hall–Kier alpha value is -1.90. The third-order valence-corrected chi connectivity index (χ3v) is 3.14. The average Bonchev–Trinajstić information content (AvgIpc) is 3.30. The fourth-order valence-electron chi connectivity index (χ4n) is 2.00. The minimum Gasteiger partial charge on any atom is -0.384 e. The number of aromatic nitrogens is 1. The normalized spacial score (nSPS) is 13.5. The van der Waals surface area contributed by atoms with Gasteiger partial charge in [0.1, 0.15) is 6.61 Å².